The summed E-state index contributed by atoms with van der Waals surface area (Å²) in [5.74, 6) is 0.885. The summed E-state index contributed by atoms with van der Waals surface area (Å²) in [6.07, 6.45) is -0.0511. The van der Waals surface area contributed by atoms with Crippen LogP contribution in [-0.4, -0.2) is 6.10 Å². The Balaban J connectivity index is 2.41. The fraction of sp³-hybridized carbons (Fsp3) is 0.133. The van der Waals surface area contributed by atoms with E-state index < -0.39 is 0 Å². The van der Waals surface area contributed by atoms with Gasteiger partial charge in [0.2, 0.25) is 0 Å². The van der Waals surface area contributed by atoms with Gasteiger partial charge in [0.15, 0.2) is 0 Å². The van der Waals surface area contributed by atoms with Gasteiger partial charge >= 0.3 is 0 Å². The average Bonchev–Trinajstić information content (AvgIpc) is 2.30. The van der Waals surface area contributed by atoms with E-state index in [1.165, 1.54) is 5.56 Å². The third kappa shape index (κ3) is 2.43. The molecule has 0 amide bonds. The number of hydrogen-bond donors (Lipinski definition) is 0. The minimum absolute atomic E-state index is 0.0511. The first kappa shape index (κ1) is 10.7. The molecule has 16 heavy (non-hydrogen) atoms. The van der Waals surface area contributed by atoms with E-state index in [1.807, 2.05) is 43.3 Å². The predicted molar refractivity (Wildman–Crippen MR) is 67.3 cm³/mol. The molecule has 81 valence electrons. The standard InChI is InChI=1S/C15H15O/c1-12(2)16-15-11-7-6-10-14(15)13-8-4-3-5-9-13/h3-12H,1H2,2H3. The Bertz CT molecular complexity index is 446. The van der Waals surface area contributed by atoms with Crippen molar-refractivity contribution in [2.24, 2.45) is 0 Å². The van der Waals surface area contributed by atoms with E-state index in [4.69, 9.17) is 4.74 Å². The second kappa shape index (κ2) is 4.84. The minimum Gasteiger partial charge on any atom is -0.490 e. The molecule has 2 aromatic carbocycles. The van der Waals surface area contributed by atoms with E-state index in [-0.39, 0.29) is 6.10 Å². The first-order valence-corrected chi connectivity index (χ1v) is 5.41. The third-order valence-electron chi connectivity index (χ3n) is 2.30. The number of hydrogen-bond acceptors (Lipinski definition) is 1. The number of benzene rings is 2. The maximum atomic E-state index is 5.69. The summed E-state index contributed by atoms with van der Waals surface area (Å²) in [5.41, 5.74) is 2.28. The molecule has 0 aliphatic heterocycles. The summed E-state index contributed by atoms with van der Waals surface area (Å²) < 4.78 is 5.69. The van der Waals surface area contributed by atoms with Crippen LogP contribution in [0.2, 0.25) is 0 Å². The number of para-hydroxylation sites is 1. The Morgan fingerprint density at radius 1 is 0.938 bits per heavy atom. The topological polar surface area (TPSA) is 9.23 Å². The van der Waals surface area contributed by atoms with E-state index in [0.29, 0.717) is 0 Å². The summed E-state index contributed by atoms with van der Waals surface area (Å²) in [7, 11) is 0. The van der Waals surface area contributed by atoms with Gasteiger partial charge in [-0.05, 0) is 25.5 Å². The maximum absolute atomic E-state index is 5.69. The lowest BCUT2D eigenvalue weighted by Crippen LogP contribution is -2.06. The molecule has 0 saturated heterocycles. The van der Waals surface area contributed by atoms with Gasteiger partial charge in [0.05, 0.1) is 6.10 Å². The van der Waals surface area contributed by atoms with Crippen molar-refractivity contribution in [3.63, 3.8) is 0 Å². The van der Waals surface area contributed by atoms with Gasteiger partial charge < -0.3 is 4.74 Å². The fourth-order valence-corrected chi connectivity index (χ4v) is 1.64. The zero-order valence-electron chi connectivity index (χ0n) is 9.39. The first-order valence-electron chi connectivity index (χ1n) is 5.41. The fourth-order valence-electron chi connectivity index (χ4n) is 1.64. The van der Waals surface area contributed by atoms with E-state index in [9.17, 15) is 0 Å². The average molecular weight is 211 g/mol. The Hall–Kier alpha value is -1.76. The molecule has 1 radical (unpaired) electrons. The zero-order chi connectivity index (χ0) is 11.4. The van der Waals surface area contributed by atoms with Crippen LogP contribution in [0, 0.1) is 6.92 Å². The SMILES string of the molecule is [CH2]C(C)Oc1ccccc1-c1ccccc1. The van der Waals surface area contributed by atoms with Crippen molar-refractivity contribution in [1.29, 1.82) is 0 Å². The lowest BCUT2D eigenvalue weighted by atomic mass is 10.0. The van der Waals surface area contributed by atoms with E-state index in [2.05, 4.69) is 25.1 Å². The van der Waals surface area contributed by atoms with E-state index in [1.54, 1.807) is 0 Å². The van der Waals surface area contributed by atoms with Gasteiger partial charge in [0, 0.05) is 5.56 Å². The molecule has 1 nitrogen and oxygen atoms in total. The molecule has 0 bridgehead atoms. The first-order chi connectivity index (χ1) is 7.77. The van der Waals surface area contributed by atoms with E-state index in [0.717, 1.165) is 11.3 Å². The van der Waals surface area contributed by atoms with Crippen LogP contribution >= 0.6 is 0 Å². The molecule has 1 heteroatoms. The van der Waals surface area contributed by atoms with Crippen molar-refractivity contribution in [1.82, 2.24) is 0 Å². The molecule has 0 N–H and O–H groups in total. The van der Waals surface area contributed by atoms with Gasteiger partial charge in [0.25, 0.3) is 0 Å². The largest absolute Gasteiger partial charge is 0.490 e. The monoisotopic (exact) mass is 211 g/mol. The molecule has 0 heterocycles. The third-order valence-corrected chi connectivity index (χ3v) is 2.30. The van der Waals surface area contributed by atoms with Gasteiger partial charge in [-0.1, -0.05) is 48.5 Å². The highest BCUT2D eigenvalue weighted by Crippen LogP contribution is 2.29. The van der Waals surface area contributed by atoms with Crippen LogP contribution in [0.5, 0.6) is 5.75 Å². The van der Waals surface area contributed by atoms with Crippen molar-refractivity contribution in [2.75, 3.05) is 0 Å². The molecule has 0 spiro atoms. The highest BCUT2D eigenvalue weighted by Gasteiger charge is 2.06. The zero-order valence-corrected chi connectivity index (χ0v) is 9.39. The van der Waals surface area contributed by atoms with Crippen LogP contribution in [0.4, 0.5) is 0 Å². The molecule has 1 unspecified atom stereocenters. The van der Waals surface area contributed by atoms with Crippen LogP contribution in [-0.2, 0) is 0 Å². The second-order valence-corrected chi connectivity index (χ2v) is 3.79. The van der Waals surface area contributed by atoms with E-state index >= 15 is 0 Å². The molecule has 0 aliphatic rings. The number of rotatable bonds is 3. The van der Waals surface area contributed by atoms with Gasteiger partial charge in [0.1, 0.15) is 5.75 Å². The van der Waals surface area contributed by atoms with Gasteiger partial charge in [-0.25, -0.2) is 0 Å². The molecule has 0 saturated carbocycles. The Morgan fingerprint density at radius 3 is 2.25 bits per heavy atom. The predicted octanol–water partition coefficient (Wildman–Crippen LogP) is 3.95. The second-order valence-electron chi connectivity index (χ2n) is 3.79. The minimum atomic E-state index is -0.0511. The Morgan fingerprint density at radius 2 is 1.56 bits per heavy atom. The molecular formula is C15H15O. The summed E-state index contributed by atoms with van der Waals surface area (Å²) in [6, 6.07) is 18.3. The molecule has 0 fully saturated rings. The Labute approximate surface area is 96.7 Å². The highest BCUT2D eigenvalue weighted by atomic mass is 16.5. The number of ether oxygens (including phenoxy) is 1. The molecule has 0 aromatic heterocycles. The van der Waals surface area contributed by atoms with Gasteiger partial charge in [-0.3, -0.25) is 0 Å². The van der Waals surface area contributed by atoms with Crippen molar-refractivity contribution in [3.05, 3.63) is 61.5 Å². The lowest BCUT2D eigenvalue weighted by molar-refractivity contribution is 0.268. The van der Waals surface area contributed by atoms with Crippen molar-refractivity contribution < 1.29 is 4.74 Å². The van der Waals surface area contributed by atoms with Gasteiger partial charge in [-0.2, -0.15) is 0 Å². The van der Waals surface area contributed by atoms with Crippen LogP contribution in [0.15, 0.2) is 54.6 Å². The molecule has 2 rings (SSSR count). The van der Waals surface area contributed by atoms with Gasteiger partial charge in [-0.15, -0.1) is 0 Å². The Kier molecular flexibility index (Phi) is 3.25. The van der Waals surface area contributed by atoms with Crippen LogP contribution < -0.4 is 4.74 Å². The molecule has 1 atom stereocenters. The van der Waals surface area contributed by atoms with Crippen LogP contribution in [0.25, 0.3) is 11.1 Å². The summed E-state index contributed by atoms with van der Waals surface area (Å²) in [6.45, 7) is 5.78. The maximum Gasteiger partial charge on any atom is 0.127 e. The van der Waals surface area contributed by atoms with Crippen LogP contribution in [0.3, 0.4) is 0 Å². The molecular weight excluding hydrogens is 196 g/mol. The molecule has 2 aromatic rings. The lowest BCUT2D eigenvalue weighted by Gasteiger charge is -2.14. The van der Waals surface area contributed by atoms with Crippen molar-refractivity contribution >= 4 is 0 Å². The highest BCUT2D eigenvalue weighted by molar-refractivity contribution is 5.70. The van der Waals surface area contributed by atoms with Crippen molar-refractivity contribution in [2.45, 2.75) is 13.0 Å². The summed E-state index contributed by atoms with van der Waals surface area (Å²) in [4.78, 5) is 0. The van der Waals surface area contributed by atoms with Crippen molar-refractivity contribution in [3.8, 4) is 16.9 Å². The quantitative estimate of drug-likeness (QED) is 0.746. The normalized spacial score (nSPS) is 10.4. The molecule has 0 aliphatic carbocycles. The summed E-state index contributed by atoms with van der Waals surface area (Å²) in [5, 5.41) is 0. The smallest absolute Gasteiger partial charge is 0.127 e. The van der Waals surface area contributed by atoms with Crippen LogP contribution in [0.1, 0.15) is 6.92 Å². The summed E-state index contributed by atoms with van der Waals surface area (Å²) >= 11 is 0.